The molecular formula is C9H10O6. The van der Waals surface area contributed by atoms with Crippen LogP contribution in [-0.2, 0) is 14.4 Å². The van der Waals surface area contributed by atoms with E-state index >= 15 is 0 Å². The van der Waals surface area contributed by atoms with E-state index in [1.165, 1.54) is 6.08 Å². The van der Waals surface area contributed by atoms with Gasteiger partial charge in [-0.1, -0.05) is 12.2 Å². The summed E-state index contributed by atoms with van der Waals surface area (Å²) in [6, 6.07) is 0. The summed E-state index contributed by atoms with van der Waals surface area (Å²) in [5, 5.41) is 26.6. The lowest BCUT2D eigenvalue weighted by atomic mass is 9.70. The van der Waals surface area contributed by atoms with Gasteiger partial charge in [-0.3, -0.25) is 14.4 Å². The number of hydrogen-bond donors (Lipinski definition) is 3. The number of carboxylic acids is 3. The topological polar surface area (TPSA) is 112 Å². The summed E-state index contributed by atoms with van der Waals surface area (Å²) >= 11 is 0. The van der Waals surface area contributed by atoms with E-state index in [-0.39, 0.29) is 6.42 Å². The molecule has 1 unspecified atom stereocenters. The largest absolute Gasteiger partial charge is 0.481 e. The second kappa shape index (κ2) is 3.72. The zero-order chi connectivity index (χ0) is 11.6. The van der Waals surface area contributed by atoms with Gasteiger partial charge in [0, 0.05) is 0 Å². The summed E-state index contributed by atoms with van der Waals surface area (Å²) in [6.07, 6.45) is 2.74. The second-order valence-corrected chi connectivity index (χ2v) is 3.35. The van der Waals surface area contributed by atoms with Gasteiger partial charge in [0.05, 0.1) is 5.92 Å². The Morgan fingerprint density at radius 2 is 1.67 bits per heavy atom. The van der Waals surface area contributed by atoms with Crippen LogP contribution in [0, 0.1) is 11.3 Å². The van der Waals surface area contributed by atoms with E-state index in [9.17, 15) is 14.4 Å². The molecule has 6 nitrogen and oxygen atoms in total. The highest BCUT2D eigenvalue weighted by Crippen LogP contribution is 2.37. The van der Waals surface area contributed by atoms with Crippen LogP contribution in [0.4, 0.5) is 0 Å². The van der Waals surface area contributed by atoms with Crippen molar-refractivity contribution in [2.45, 2.75) is 12.8 Å². The fraction of sp³-hybridized carbons (Fsp3) is 0.444. The summed E-state index contributed by atoms with van der Waals surface area (Å²) in [6.45, 7) is 0. The van der Waals surface area contributed by atoms with Gasteiger partial charge in [-0.15, -0.1) is 0 Å². The Kier molecular flexibility index (Phi) is 2.78. The summed E-state index contributed by atoms with van der Waals surface area (Å²) in [7, 11) is 0. The van der Waals surface area contributed by atoms with Gasteiger partial charge >= 0.3 is 17.9 Å². The Morgan fingerprint density at radius 1 is 1.13 bits per heavy atom. The molecule has 0 radical (unpaired) electrons. The highest BCUT2D eigenvalue weighted by molar-refractivity contribution is 6.04. The van der Waals surface area contributed by atoms with E-state index in [0.29, 0.717) is 6.42 Å². The van der Waals surface area contributed by atoms with Crippen molar-refractivity contribution >= 4 is 17.9 Å². The Hall–Kier alpha value is -1.85. The first kappa shape index (κ1) is 11.2. The third-order valence-corrected chi connectivity index (χ3v) is 2.56. The Labute approximate surface area is 84.8 Å². The molecule has 0 amide bonds. The molecule has 0 aliphatic heterocycles. The van der Waals surface area contributed by atoms with Crippen molar-refractivity contribution in [2.75, 3.05) is 0 Å². The fourth-order valence-corrected chi connectivity index (χ4v) is 1.73. The van der Waals surface area contributed by atoms with Crippen LogP contribution in [0.5, 0.6) is 0 Å². The molecule has 0 aromatic heterocycles. The maximum Gasteiger partial charge on any atom is 0.325 e. The first-order chi connectivity index (χ1) is 6.93. The van der Waals surface area contributed by atoms with Crippen molar-refractivity contribution in [3.63, 3.8) is 0 Å². The molecule has 0 saturated heterocycles. The van der Waals surface area contributed by atoms with Gasteiger partial charge in [0.15, 0.2) is 5.41 Å². The van der Waals surface area contributed by atoms with Crippen LogP contribution in [-0.4, -0.2) is 33.2 Å². The molecule has 1 rings (SSSR count). The molecule has 0 fully saturated rings. The molecule has 15 heavy (non-hydrogen) atoms. The van der Waals surface area contributed by atoms with Gasteiger partial charge in [-0.25, -0.2) is 0 Å². The molecular weight excluding hydrogens is 204 g/mol. The molecule has 0 heterocycles. The molecule has 0 bridgehead atoms. The van der Waals surface area contributed by atoms with E-state index in [4.69, 9.17) is 15.3 Å². The normalized spacial score (nSPS) is 23.3. The average Bonchev–Trinajstić information content (AvgIpc) is 2.16. The third-order valence-electron chi connectivity index (χ3n) is 2.56. The average molecular weight is 214 g/mol. The quantitative estimate of drug-likeness (QED) is 0.456. The molecule has 3 N–H and O–H groups in total. The van der Waals surface area contributed by atoms with Crippen molar-refractivity contribution in [1.29, 1.82) is 0 Å². The predicted octanol–water partition coefficient (Wildman–Crippen LogP) is 0.193. The van der Waals surface area contributed by atoms with Crippen molar-refractivity contribution < 1.29 is 29.7 Å². The van der Waals surface area contributed by atoms with Crippen LogP contribution in [0.1, 0.15) is 12.8 Å². The minimum Gasteiger partial charge on any atom is -0.481 e. The van der Waals surface area contributed by atoms with Crippen molar-refractivity contribution in [2.24, 2.45) is 11.3 Å². The summed E-state index contributed by atoms with van der Waals surface area (Å²) in [5.41, 5.74) is -2.33. The van der Waals surface area contributed by atoms with Crippen LogP contribution in [0.2, 0.25) is 0 Å². The number of hydrogen-bond acceptors (Lipinski definition) is 3. The monoisotopic (exact) mass is 214 g/mol. The molecule has 1 aliphatic rings. The van der Waals surface area contributed by atoms with Gasteiger partial charge in [-0.05, 0) is 12.8 Å². The van der Waals surface area contributed by atoms with Crippen LogP contribution >= 0.6 is 0 Å². The first-order valence-corrected chi connectivity index (χ1v) is 4.30. The minimum absolute atomic E-state index is 0.0183. The van der Waals surface area contributed by atoms with Crippen molar-refractivity contribution in [3.05, 3.63) is 12.2 Å². The number of aliphatic carboxylic acids is 3. The molecule has 6 heteroatoms. The van der Waals surface area contributed by atoms with E-state index in [1.54, 1.807) is 0 Å². The zero-order valence-corrected chi connectivity index (χ0v) is 7.71. The van der Waals surface area contributed by atoms with Crippen molar-refractivity contribution in [1.82, 2.24) is 0 Å². The molecule has 0 aromatic rings. The highest BCUT2D eigenvalue weighted by Gasteiger charge is 2.55. The Bertz CT molecular complexity index is 329. The summed E-state index contributed by atoms with van der Waals surface area (Å²) in [5.74, 6) is -6.10. The van der Waals surface area contributed by atoms with Gasteiger partial charge in [0.2, 0.25) is 0 Å². The van der Waals surface area contributed by atoms with Gasteiger partial charge < -0.3 is 15.3 Å². The molecule has 1 atom stereocenters. The lowest BCUT2D eigenvalue weighted by Crippen LogP contribution is -2.48. The SMILES string of the molecule is O=C(O)C1CCC=CC1(C(=O)O)C(=O)O. The first-order valence-electron chi connectivity index (χ1n) is 4.30. The van der Waals surface area contributed by atoms with Crippen LogP contribution in [0.25, 0.3) is 0 Å². The van der Waals surface area contributed by atoms with Crippen LogP contribution in [0.3, 0.4) is 0 Å². The Balaban J connectivity index is 3.28. The van der Waals surface area contributed by atoms with Gasteiger partial charge in [0.1, 0.15) is 0 Å². The number of carbonyl (C=O) groups is 3. The van der Waals surface area contributed by atoms with Gasteiger partial charge in [0.25, 0.3) is 0 Å². The minimum atomic E-state index is -2.33. The molecule has 1 aliphatic carbocycles. The van der Waals surface area contributed by atoms with Gasteiger partial charge in [-0.2, -0.15) is 0 Å². The van der Waals surface area contributed by atoms with Crippen molar-refractivity contribution in [3.8, 4) is 0 Å². The van der Waals surface area contributed by atoms with E-state index < -0.39 is 29.2 Å². The lowest BCUT2D eigenvalue weighted by molar-refractivity contribution is -0.172. The zero-order valence-electron chi connectivity index (χ0n) is 7.71. The maximum atomic E-state index is 10.9. The standard InChI is InChI=1S/C9H10O6/c10-6(11)5-3-1-2-4-9(5,7(12)13)8(14)15/h2,4-5H,1,3H2,(H,10,11)(H,12,13)(H,14,15). The maximum absolute atomic E-state index is 10.9. The van der Waals surface area contributed by atoms with E-state index in [0.717, 1.165) is 6.08 Å². The van der Waals surface area contributed by atoms with Crippen LogP contribution in [0.15, 0.2) is 12.2 Å². The lowest BCUT2D eigenvalue weighted by Gasteiger charge is -2.30. The number of allylic oxidation sites excluding steroid dienone is 1. The summed E-state index contributed by atoms with van der Waals surface area (Å²) < 4.78 is 0. The molecule has 82 valence electrons. The number of rotatable bonds is 3. The predicted molar refractivity (Wildman–Crippen MR) is 47.2 cm³/mol. The molecule has 0 aromatic carbocycles. The van der Waals surface area contributed by atoms with Crippen LogP contribution < -0.4 is 0 Å². The summed E-state index contributed by atoms with van der Waals surface area (Å²) in [4.78, 5) is 32.7. The Morgan fingerprint density at radius 3 is 2.00 bits per heavy atom. The molecule has 0 saturated carbocycles. The smallest absolute Gasteiger partial charge is 0.325 e. The van der Waals surface area contributed by atoms with E-state index in [1.807, 2.05) is 0 Å². The van der Waals surface area contributed by atoms with E-state index in [2.05, 4.69) is 0 Å². The second-order valence-electron chi connectivity index (χ2n) is 3.35. The number of carboxylic acid groups (broad SMARTS) is 3. The third kappa shape index (κ3) is 1.58. The fourth-order valence-electron chi connectivity index (χ4n) is 1.73. The highest BCUT2D eigenvalue weighted by atomic mass is 16.4. The molecule has 0 spiro atoms.